The fourth-order valence-corrected chi connectivity index (χ4v) is 3.38. The topological polar surface area (TPSA) is 123 Å². The molecule has 0 saturated carbocycles. The Morgan fingerprint density at radius 3 is 2.96 bits per heavy atom. The van der Waals surface area contributed by atoms with Gasteiger partial charge < -0.3 is 19.2 Å². The fraction of sp³-hybridized carbons (Fsp3) is 0.353. The van der Waals surface area contributed by atoms with Gasteiger partial charge in [0.15, 0.2) is 11.4 Å². The van der Waals surface area contributed by atoms with Gasteiger partial charge in [0.05, 0.1) is 11.9 Å². The molecule has 4 rings (SSSR count). The van der Waals surface area contributed by atoms with Crippen LogP contribution in [0.1, 0.15) is 11.7 Å². The van der Waals surface area contributed by atoms with Crippen LogP contribution in [0.25, 0.3) is 11.1 Å². The summed E-state index contributed by atoms with van der Waals surface area (Å²) in [4.78, 5) is 43.0. The third kappa shape index (κ3) is 3.38. The first kappa shape index (κ1) is 18.2. The average molecular weight is 406 g/mol. The van der Waals surface area contributed by atoms with Gasteiger partial charge in [-0.1, -0.05) is 16.8 Å². The molecule has 3 aromatic rings. The fourth-order valence-electron chi connectivity index (χ4n) is 3.22. The average Bonchev–Trinajstić information content (AvgIpc) is 3.19. The molecule has 1 aliphatic heterocycles. The molecule has 0 bridgehead atoms. The Morgan fingerprint density at radius 2 is 2.21 bits per heavy atom. The van der Waals surface area contributed by atoms with E-state index in [1.165, 1.54) is 15.5 Å². The van der Waals surface area contributed by atoms with Gasteiger partial charge in [-0.3, -0.25) is 14.2 Å². The summed E-state index contributed by atoms with van der Waals surface area (Å²) in [5, 5.41) is 6.85. The Hall–Kier alpha value is -3.14. The third-order valence-corrected chi connectivity index (χ3v) is 4.75. The molecule has 2 amide bonds. The Morgan fingerprint density at radius 1 is 1.39 bits per heavy atom. The number of benzene rings is 1. The van der Waals surface area contributed by atoms with E-state index in [0.717, 1.165) is 0 Å². The lowest BCUT2D eigenvalue weighted by molar-refractivity contribution is -0.143. The quantitative estimate of drug-likeness (QED) is 0.670. The van der Waals surface area contributed by atoms with E-state index in [1.54, 1.807) is 19.1 Å². The van der Waals surface area contributed by atoms with E-state index in [1.807, 2.05) is 0 Å². The van der Waals surface area contributed by atoms with E-state index in [0.29, 0.717) is 35.0 Å². The van der Waals surface area contributed by atoms with Gasteiger partial charge in [0.25, 0.3) is 0 Å². The van der Waals surface area contributed by atoms with Crippen LogP contribution in [-0.2, 0) is 22.6 Å². The first-order chi connectivity index (χ1) is 13.4. The summed E-state index contributed by atoms with van der Waals surface area (Å²) in [7, 11) is 0. The first-order valence-electron chi connectivity index (χ1n) is 8.57. The molecule has 1 aliphatic rings. The minimum absolute atomic E-state index is 0.0923. The van der Waals surface area contributed by atoms with Crippen molar-refractivity contribution in [3.05, 3.63) is 45.5 Å². The molecule has 1 aromatic carbocycles. The lowest BCUT2D eigenvalue weighted by Gasteiger charge is -2.34. The summed E-state index contributed by atoms with van der Waals surface area (Å²) >= 11 is 5.91. The Balaban J connectivity index is 1.59. The minimum Gasteiger partial charge on any atom is -0.408 e. The van der Waals surface area contributed by atoms with E-state index in [2.05, 4.69) is 15.5 Å². The number of aromatic nitrogens is 3. The lowest BCUT2D eigenvalue weighted by atomic mass is 10.1. The van der Waals surface area contributed by atoms with Gasteiger partial charge in [0.2, 0.25) is 17.7 Å². The lowest BCUT2D eigenvalue weighted by Crippen LogP contribution is -2.58. The standard InChI is InChI=1S/C17H16ClN5O5/c1-9-20-14(28-21-9)7-12-16(25)19-4-5-22(12)15(24)8-23-11-3-2-10(18)6-13(11)27-17(23)26/h2-3,6,12H,4-5,7-8H2,1H3,(H,19,25). The van der Waals surface area contributed by atoms with E-state index < -0.39 is 17.7 Å². The number of aryl methyl sites for hydroxylation is 1. The van der Waals surface area contributed by atoms with E-state index >= 15 is 0 Å². The maximum absolute atomic E-state index is 12.9. The molecule has 10 nitrogen and oxygen atoms in total. The number of oxazole rings is 1. The van der Waals surface area contributed by atoms with Crippen LogP contribution in [0.4, 0.5) is 0 Å². The van der Waals surface area contributed by atoms with Crippen LogP contribution in [0.15, 0.2) is 31.9 Å². The molecule has 0 aliphatic carbocycles. The van der Waals surface area contributed by atoms with Gasteiger partial charge in [0, 0.05) is 24.2 Å². The van der Waals surface area contributed by atoms with Crippen LogP contribution in [-0.4, -0.2) is 50.6 Å². The smallest absolute Gasteiger partial charge is 0.408 e. The van der Waals surface area contributed by atoms with Crippen molar-refractivity contribution in [1.82, 2.24) is 24.9 Å². The number of nitrogens with zero attached hydrogens (tertiary/aromatic N) is 4. The minimum atomic E-state index is -0.801. The SMILES string of the molecule is Cc1noc(CC2C(=O)NCCN2C(=O)Cn2c(=O)oc3cc(Cl)ccc32)n1. The van der Waals surface area contributed by atoms with Crippen LogP contribution in [0.2, 0.25) is 5.02 Å². The Bertz CT molecular complexity index is 1120. The Kier molecular flexibility index (Phi) is 4.63. The highest BCUT2D eigenvalue weighted by molar-refractivity contribution is 6.31. The van der Waals surface area contributed by atoms with Gasteiger partial charge in [0.1, 0.15) is 12.6 Å². The van der Waals surface area contributed by atoms with Crippen LogP contribution in [0, 0.1) is 6.92 Å². The zero-order valence-corrected chi connectivity index (χ0v) is 15.6. The molecule has 1 unspecified atom stereocenters. The number of hydrogen-bond donors (Lipinski definition) is 1. The normalized spacial score (nSPS) is 17.1. The molecule has 3 heterocycles. The van der Waals surface area contributed by atoms with E-state index in [4.69, 9.17) is 20.5 Å². The highest BCUT2D eigenvalue weighted by Gasteiger charge is 2.35. The van der Waals surface area contributed by atoms with Crippen LogP contribution >= 0.6 is 11.6 Å². The summed E-state index contributed by atoms with van der Waals surface area (Å²) in [6.45, 7) is 2.03. The molecule has 11 heteroatoms. The monoisotopic (exact) mass is 405 g/mol. The van der Waals surface area contributed by atoms with E-state index in [9.17, 15) is 14.4 Å². The van der Waals surface area contributed by atoms with Crippen molar-refractivity contribution in [2.24, 2.45) is 0 Å². The molecule has 28 heavy (non-hydrogen) atoms. The summed E-state index contributed by atoms with van der Waals surface area (Å²) in [5.41, 5.74) is 0.743. The zero-order valence-electron chi connectivity index (χ0n) is 14.8. The molecular formula is C17H16ClN5O5. The number of rotatable bonds is 4. The molecule has 0 radical (unpaired) electrons. The largest absolute Gasteiger partial charge is 0.420 e. The molecular weight excluding hydrogens is 390 g/mol. The predicted octanol–water partition coefficient (Wildman–Crippen LogP) is 0.509. The molecule has 146 valence electrons. The molecule has 1 atom stereocenters. The van der Waals surface area contributed by atoms with Crippen LogP contribution in [0.5, 0.6) is 0 Å². The van der Waals surface area contributed by atoms with Crippen LogP contribution in [0.3, 0.4) is 0 Å². The Labute approximate surface area is 163 Å². The number of piperazine rings is 1. The molecule has 2 aromatic heterocycles. The van der Waals surface area contributed by atoms with Crippen molar-refractivity contribution in [3.8, 4) is 0 Å². The van der Waals surface area contributed by atoms with E-state index in [-0.39, 0.29) is 24.8 Å². The van der Waals surface area contributed by atoms with Gasteiger partial charge in [-0.05, 0) is 19.1 Å². The zero-order chi connectivity index (χ0) is 19.8. The number of carbonyl (C=O) groups is 2. The number of amides is 2. The highest BCUT2D eigenvalue weighted by Crippen LogP contribution is 2.19. The van der Waals surface area contributed by atoms with Crippen molar-refractivity contribution < 1.29 is 18.5 Å². The second kappa shape index (κ2) is 7.12. The van der Waals surface area contributed by atoms with Crippen molar-refractivity contribution >= 4 is 34.5 Å². The maximum Gasteiger partial charge on any atom is 0.420 e. The van der Waals surface area contributed by atoms with Gasteiger partial charge in [-0.2, -0.15) is 4.98 Å². The molecule has 1 N–H and O–H groups in total. The third-order valence-electron chi connectivity index (χ3n) is 4.51. The van der Waals surface area contributed by atoms with Crippen molar-refractivity contribution in [1.29, 1.82) is 0 Å². The summed E-state index contributed by atoms with van der Waals surface area (Å²) < 4.78 is 11.4. The summed E-state index contributed by atoms with van der Waals surface area (Å²) in [6.07, 6.45) is 0.0923. The summed E-state index contributed by atoms with van der Waals surface area (Å²) in [5.74, 6) is -0.671. The highest BCUT2D eigenvalue weighted by atomic mass is 35.5. The number of halogens is 1. The van der Waals surface area contributed by atoms with Gasteiger partial charge in [-0.25, -0.2) is 4.79 Å². The number of fused-ring (bicyclic) bond motifs is 1. The van der Waals surface area contributed by atoms with Crippen LogP contribution < -0.4 is 11.1 Å². The molecule has 1 fully saturated rings. The predicted molar refractivity (Wildman–Crippen MR) is 96.7 cm³/mol. The van der Waals surface area contributed by atoms with Crippen molar-refractivity contribution in [3.63, 3.8) is 0 Å². The maximum atomic E-state index is 12.9. The second-order valence-corrected chi connectivity index (χ2v) is 6.84. The van der Waals surface area contributed by atoms with Crippen molar-refractivity contribution in [2.45, 2.75) is 25.9 Å². The number of carbonyl (C=O) groups excluding carboxylic acids is 2. The number of nitrogens with one attached hydrogen (secondary N) is 1. The van der Waals surface area contributed by atoms with Gasteiger partial charge in [-0.15, -0.1) is 0 Å². The molecule has 0 spiro atoms. The van der Waals surface area contributed by atoms with Gasteiger partial charge >= 0.3 is 5.76 Å². The first-order valence-corrected chi connectivity index (χ1v) is 8.95. The summed E-state index contributed by atoms with van der Waals surface area (Å²) in [6, 6.07) is 3.92. The molecule has 1 saturated heterocycles. The second-order valence-electron chi connectivity index (χ2n) is 6.40. The number of hydrogen-bond acceptors (Lipinski definition) is 7. The van der Waals surface area contributed by atoms with Crippen molar-refractivity contribution in [2.75, 3.05) is 13.1 Å².